The van der Waals surface area contributed by atoms with Crippen molar-refractivity contribution in [2.45, 2.75) is 6.54 Å². The summed E-state index contributed by atoms with van der Waals surface area (Å²) in [5, 5.41) is 13.0. The van der Waals surface area contributed by atoms with Crippen molar-refractivity contribution in [3.8, 4) is 16.9 Å². The van der Waals surface area contributed by atoms with Gasteiger partial charge in [0.25, 0.3) is 5.91 Å². The Kier molecular flexibility index (Phi) is 6.42. The molecular formula is C22H17Cl2NO4. The van der Waals surface area contributed by atoms with Crippen LogP contribution < -0.4 is 10.1 Å². The lowest BCUT2D eigenvalue weighted by molar-refractivity contribution is 0.0696. The summed E-state index contributed by atoms with van der Waals surface area (Å²) >= 11 is 12.1. The molecule has 0 fully saturated rings. The number of carbonyl (C=O) groups is 2. The SMILES string of the molecule is COc1ccc(-c2cccc(C(=O)O)c2)cc1C(=O)NCc1ccc(Cl)cc1Cl. The number of nitrogens with one attached hydrogen (secondary N) is 1. The third-order valence-corrected chi connectivity index (χ3v) is 4.93. The van der Waals surface area contributed by atoms with E-state index in [2.05, 4.69) is 5.32 Å². The molecule has 0 aliphatic carbocycles. The Hall–Kier alpha value is -3.02. The Labute approximate surface area is 177 Å². The van der Waals surface area contributed by atoms with Gasteiger partial charge in [-0.25, -0.2) is 4.79 Å². The van der Waals surface area contributed by atoms with E-state index in [1.165, 1.54) is 13.2 Å². The van der Waals surface area contributed by atoms with Gasteiger partial charge in [0.1, 0.15) is 5.75 Å². The summed E-state index contributed by atoms with van der Waals surface area (Å²) in [6, 6.07) is 16.7. The minimum absolute atomic E-state index is 0.168. The zero-order chi connectivity index (χ0) is 21.0. The van der Waals surface area contributed by atoms with Crippen molar-refractivity contribution in [1.29, 1.82) is 0 Å². The highest BCUT2D eigenvalue weighted by Gasteiger charge is 2.15. The zero-order valence-corrected chi connectivity index (χ0v) is 16.9. The van der Waals surface area contributed by atoms with Gasteiger partial charge < -0.3 is 15.2 Å². The third kappa shape index (κ3) is 4.88. The van der Waals surface area contributed by atoms with E-state index in [0.717, 1.165) is 5.56 Å². The van der Waals surface area contributed by atoms with Crippen LogP contribution in [0.4, 0.5) is 0 Å². The minimum Gasteiger partial charge on any atom is -0.496 e. The summed E-state index contributed by atoms with van der Waals surface area (Å²) in [4.78, 5) is 24.0. The van der Waals surface area contributed by atoms with E-state index in [1.54, 1.807) is 54.6 Å². The highest BCUT2D eigenvalue weighted by Crippen LogP contribution is 2.28. The molecule has 0 saturated heterocycles. The number of hydrogen-bond acceptors (Lipinski definition) is 3. The lowest BCUT2D eigenvalue weighted by Gasteiger charge is -2.12. The van der Waals surface area contributed by atoms with Gasteiger partial charge in [0.05, 0.1) is 18.2 Å². The molecule has 7 heteroatoms. The number of ether oxygens (including phenoxy) is 1. The van der Waals surface area contributed by atoms with Gasteiger partial charge in [-0.3, -0.25) is 4.79 Å². The van der Waals surface area contributed by atoms with Crippen molar-refractivity contribution in [3.63, 3.8) is 0 Å². The molecule has 3 aromatic rings. The molecule has 0 saturated carbocycles. The number of hydrogen-bond donors (Lipinski definition) is 2. The monoisotopic (exact) mass is 429 g/mol. The second-order valence-electron chi connectivity index (χ2n) is 6.22. The standard InChI is InChI=1S/C22H17Cl2NO4/c1-29-20-8-6-14(13-3-2-4-15(9-13)22(27)28)10-18(20)21(26)25-12-16-5-7-17(23)11-19(16)24/h2-11H,12H2,1H3,(H,25,26)(H,27,28). The molecule has 0 radical (unpaired) electrons. The number of aromatic carboxylic acids is 1. The molecule has 0 aliphatic heterocycles. The number of amides is 1. The summed E-state index contributed by atoms with van der Waals surface area (Å²) in [7, 11) is 1.48. The minimum atomic E-state index is -1.02. The summed E-state index contributed by atoms with van der Waals surface area (Å²) in [6.45, 7) is 0.219. The van der Waals surface area contributed by atoms with Gasteiger partial charge >= 0.3 is 5.97 Å². The van der Waals surface area contributed by atoms with Gasteiger partial charge in [-0.05, 0) is 53.1 Å². The Morgan fingerprint density at radius 1 is 1.00 bits per heavy atom. The first kappa shape index (κ1) is 20.7. The normalized spacial score (nSPS) is 10.4. The van der Waals surface area contributed by atoms with E-state index in [1.807, 2.05) is 0 Å². The van der Waals surface area contributed by atoms with Crippen LogP contribution in [-0.2, 0) is 6.54 Å². The Morgan fingerprint density at radius 3 is 2.45 bits per heavy atom. The molecule has 0 unspecified atom stereocenters. The van der Waals surface area contributed by atoms with Crippen LogP contribution in [0.25, 0.3) is 11.1 Å². The van der Waals surface area contributed by atoms with E-state index in [-0.39, 0.29) is 18.0 Å². The number of rotatable bonds is 6. The van der Waals surface area contributed by atoms with Crippen LogP contribution in [0.1, 0.15) is 26.3 Å². The van der Waals surface area contributed by atoms with Crippen LogP contribution in [0.5, 0.6) is 5.75 Å². The molecule has 29 heavy (non-hydrogen) atoms. The largest absolute Gasteiger partial charge is 0.496 e. The Bertz CT molecular complexity index is 1080. The van der Waals surface area contributed by atoms with Gasteiger partial charge in [-0.1, -0.05) is 47.5 Å². The summed E-state index contributed by atoms with van der Waals surface area (Å²) in [5.74, 6) is -0.954. The number of carbonyl (C=O) groups excluding carboxylic acids is 1. The molecule has 0 spiro atoms. The van der Waals surface area contributed by atoms with E-state index in [0.29, 0.717) is 32.5 Å². The fourth-order valence-electron chi connectivity index (χ4n) is 2.83. The Balaban J connectivity index is 1.87. The number of methoxy groups -OCH3 is 1. The van der Waals surface area contributed by atoms with Gasteiger partial charge in [0.2, 0.25) is 0 Å². The van der Waals surface area contributed by atoms with E-state index in [4.69, 9.17) is 27.9 Å². The fraction of sp³-hybridized carbons (Fsp3) is 0.0909. The quantitative estimate of drug-likeness (QED) is 0.557. The molecule has 3 aromatic carbocycles. The number of halogens is 2. The smallest absolute Gasteiger partial charge is 0.335 e. The lowest BCUT2D eigenvalue weighted by Crippen LogP contribution is -2.23. The van der Waals surface area contributed by atoms with Gasteiger partial charge in [-0.2, -0.15) is 0 Å². The van der Waals surface area contributed by atoms with Crippen molar-refractivity contribution >= 4 is 35.1 Å². The maximum atomic E-state index is 12.8. The highest BCUT2D eigenvalue weighted by atomic mass is 35.5. The second kappa shape index (κ2) is 8.99. The fourth-order valence-corrected chi connectivity index (χ4v) is 3.31. The lowest BCUT2D eigenvalue weighted by atomic mass is 10.00. The van der Waals surface area contributed by atoms with E-state index in [9.17, 15) is 14.7 Å². The third-order valence-electron chi connectivity index (χ3n) is 4.34. The van der Waals surface area contributed by atoms with Gasteiger partial charge in [0, 0.05) is 16.6 Å². The van der Waals surface area contributed by atoms with Crippen LogP contribution in [0, 0.1) is 0 Å². The summed E-state index contributed by atoms with van der Waals surface area (Å²) in [5.41, 5.74) is 2.61. The number of carboxylic acid groups (broad SMARTS) is 1. The van der Waals surface area contributed by atoms with Crippen molar-refractivity contribution in [3.05, 3.63) is 87.4 Å². The highest BCUT2D eigenvalue weighted by molar-refractivity contribution is 6.35. The molecular weight excluding hydrogens is 413 g/mol. The maximum Gasteiger partial charge on any atom is 0.335 e. The van der Waals surface area contributed by atoms with Crippen LogP contribution in [0.3, 0.4) is 0 Å². The van der Waals surface area contributed by atoms with Gasteiger partial charge in [0.15, 0.2) is 0 Å². The second-order valence-corrected chi connectivity index (χ2v) is 7.06. The number of benzene rings is 3. The first-order chi connectivity index (χ1) is 13.9. The topological polar surface area (TPSA) is 75.6 Å². The maximum absolute atomic E-state index is 12.8. The van der Waals surface area contributed by atoms with Crippen LogP contribution >= 0.6 is 23.2 Å². The summed E-state index contributed by atoms with van der Waals surface area (Å²) < 4.78 is 5.31. The molecule has 0 aliphatic rings. The average molecular weight is 430 g/mol. The first-order valence-corrected chi connectivity index (χ1v) is 9.38. The molecule has 5 nitrogen and oxygen atoms in total. The molecule has 3 rings (SSSR count). The van der Waals surface area contributed by atoms with Gasteiger partial charge in [-0.15, -0.1) is 0 Å². The first-order valence-electron chi connectivity index (χ1n) is 8.63. The summed E-state index contributed by atoms with van der Waals surface area (Å²) in [6.07, 6.45) is 0. The zero-order valence-electron chi connectivity index (χ0n) is 15.4. The van der Waals surface area contributed by atoms with Crippen molar-refractivity contribution < 1.29 is 19.4 Å². The van der Waals surface area contributed by atoms with Crippen molar-refractivity contribution in [1.82, 2.24) is 5.32 Å². The number of carboxylic acids is 1. The molecule has 0 atom stereocenters. The van der Waals surface area contributed by atoms with E-state index >= 15 is 0 Å². The van der Waals surface area contributed by atoms with E-state index < -0.39 is 5.97 Å². The predicted molar refractivity (Wildman–Crippen MR) is 113 cm³/mol. The Morgan fingerprint density at radius 2 is 1.76 bits per heavy atom. The predicted octanol–water partition coefficient (Wildman–Crippen LogP) is 5.30. The van der Waals surface area contributed by atoms with Crippen molar-refractivity contribution in [2.75, 3.05) is 7.11 Å². The molecule has 0 bridgehead atoms. The molecule has 148 valence electrons. The average Bonchev–Trinajstić information content (AvgIpc) is 2.72. The van der Waals surface area contributed by atoms with Crippen LogP contribution in [-0.4, -0.2) is 24.1 Å². The molecule has 1 amide bonds. The molecule has 2 N–H and O–H groups in total. The molecule has 0 heterocycles. The van der Waals surface area contributed by atoms with Crippen LogP contribution in [0.15, 0.2) is 60.7 Å². The van der Waals surface area contributed by atoms with Crippen LogP contribution in [0.2, 0.25) is 10.0 Å². The van der Waals surface area contributed by atoms with Crippen molar-refractivity contribution in [2.24, 2.45) is 0 Å². The molecule has 0 aromatic heterocycles.